The first-order valence-electron chi connectivity index (χ1n) is 7.32. The number of hydrogen-bond acceptors (Lipinski definition) is 5. The van der Waals surface area contributed by atoms with Gasteiger partial charge in [0.15, 0.2) is 0 Å². The number of alkyl carbamates (subject to hydrolysis) is 1. The fourth-order valence-electron chi connectivity index (χ4n) is 1.71. The summed E-state index contributed by atoms with van der Waals surface area (Å²) in [4.78, 5) is 22.7. The largest absolute Gasteiger partial charge is 0.462 e. The summed E-state index contributed by atoms with van der Waals surface area (Å²) in [5.74, 6) is -0.572. The first-order chi connectivity index (χ1) is 10.6. The van der Waals surface area contributed by atoms with Gasteiger partial charge in [0, 0.05) is 6.54 Å². The van der Waals surface area contributed by atoms with E-state index in [1.54, 1.807) is 6.92 Å². The molecular weight excluding hydrogens is 284 g/mol. The average Bonchev–Trinajstić information content (AvgIpc) is 2.53. The average molecular weight is 306 g/mol. The van der Waals surface area contributed by atoms with E-state index in [0.717, 1.165) is 5.56 Å². The number of carbonyl (C=O) groups excluding carboxylic acids is 2. The SMILES string of the molecule is CCOC(=O)C(=N)CCCCNC(=O)OCc1ccccc1. The predicted molar refractivity (Wildman–Crippen MR) is 82.8 cm³/mol. The van der Waals surface area contributed by atoms with Crippen LogP contribution in [-0.2, 0) is 20.9 Å². The molecule has 6 nitrogen and oxygen atoms in total. The Bertz CT molecular complexity index is 488. The third kappa shape index (κ3) is 7.42. The van der Waals surface area contributed by atoms with Crippen molar-refractivity contribution in [1.82, 2.24) is 5.32 Å². The second kappa shape index (κ2) is 10.4. The van der Waals surface area contributed by atoms with Gasteiger partial charge in [0.2, 0.25) is 0 Å². The summed E-state index contributed by atoms with van der Waals surface area (Å²) < 4.78 is 9.78. The minimum absolute atomic E-state index is 0.0338. The maximum Gasteiger partial charge on any atom is 0.407 e. The fraction of sp³-hybridized carbons (Fsp3) is 0.438. The zero-order valence-electron chi connectivity index (χ0n) is 12.8. The fourth-order valence-corrected chi connectivity index (χ4v) is 1.71. The molecule has 22 heavy (non-hydrogen) atoms. The number of hydrogen-bond donors (Lipinski definition) is 2. The first kappa shape index (κ1) is 17.7. The van der Waals surface area contributed by atoms with Gasteiger partial charge in [0.25, 0.3) is 0 Å². The number of benzene rings is 1. The number of carbonyl (C=O) groups is 2. The second-order valence-electron chi connectivity index (χ2n) is 4.64. The molecule has 0 unspecified atom stereocenters. The van der Waals surface area contributed by atoms with Crippen molar-refractivity contribution in [3.63, 3.8) is 0 Å². The third-order valence-corrected chi connectivity index (χ3v) is 2.86. The van der Waals surface area contributed by atoms with Gasteiger partial charge >= 0.3 is 12.1 Å². The minimum Gasteiger partial charge on any atom is -0.462 e. The smallest absolute Gasteiger partial charge is 0.407 e. The van der Waals surface area contributed by atoms with Crippen LogP contribution in [0.5, 0.6) is 0 Å². The Morgan fingerprint density at radius 1 is 1.14 bits per heavy atom. The molecule has 0 spiro atoms. The minimum atomic E-state index is -0.572. The summed E-state index contributed by atoms with van der Waals surface area (Å²) in [5.41, 5.74) is 0.897. The highest BCUT2D eigenvalue weighted by Gasteiger charge is 2.09. The third-order valence-electron chi connectivity index (χ3n) is 2.86. The molecule has 1 amide bonds. The molecular formula is C16H22N2O4. The molecule has 1 aromatic rings. The van der Waals surface area contributed by atoms with Crippen LogP contribution >= 0.6 is 0 Å². The number of unbranched alkanes of at least 4 members (excludes halogenated alkanes) is 1. The Kier molecular flexibility index (Phi) is 8.33. The van der Waals surface area contributed by atoms with Crippen LogP contribution in [0.25, 0.3) is 0 Å². The van der Waals surface area contributed by atoms with Crippen LogP contribution in [-0.4, -0.2) is 30.9 Å². The molecule has 0 radical (unpaired) electrons. The highest BCUT2D eigenvalue weighted by Crippen LogP contribution is 2.01. The van der Waals surface area contributed by atoms with Gasteiger partial charge in [-0.1, -0.05) is 30.3 Å². The van der Waals surface area contributed by atoms with E-state index in [2.05, 4.69) is 5.32 Å². The van der Waals surface area contributed by atoms with Crippen LogP contribution in [0.2, 0.25) is 0 Å². The molecule has 6 heteroatoms. The molecule has 1 aromatic carbocycles. The van der Waals surface area contributed by atoms with Crippen molar-refractivity contribution in [2.75, 3.05) is 13.2 Å². The van der Waals surface area contributed by atoms with Gasteiger partial charge in [0.05, 0.1) is 6.61 Å². The van der Waals surface area contributed by atoms with Gasteiger partial charge in [-0.25, -0.2) is 9.59 Å². The molecule has 1 rings (SSSR count). The van der Waals surface area contributed by atoms with E-state index in [0.29, 0.717) is 25.8 Å². The van der Waals surface area contributed by atoms with E-state index in [9.17, 15) is 9.59 Å². The normalized spacial score (nSPS) is 9.86. The van der Waals surface area contributed by atoms with E-state index >= 15 is 0 Å². The highest BCUT2D eigenvalue weighted by molar-refractivity contribution is 6.35. The van der Waals surface area contributed by atoms with E-state index < -0.39 is 12.1 Å². The molecule has 2 N–H and O–H groups in total. The Morgan fingerprint density at radius 3 is 2.55 bits per heavy atom. The molecule has 0 bridgehead atoms. The van der Waals surface area contributed by atoms with Crippen LogP contribution in [0.15, 0.2) is 30.3 Å². The van der Waals surface area contributed by atoms with Gasteiger partial charge in [-0.15, -0.1) is 0 Å². The van der Waals surface area contributed by atoms with Crippen LogP contribution in [0.4, 0.5) is 4.79 Å². The van der Waals surface area contributed by atoms with Gasteiger partial charge in [-0.05, 0) is 31.7 Å². The lowest BCUT2D eigenvalue weighted by molar-refractivity contribution is -0.135. The molecule has 0 aliphatic carbocycles. The summed E-state index contributed by atoms with van der Waals surface area (Å²) in [6.07, 6.45) is 1.18. The standard InChI is InChI=1S/C16H22N2O4/c1-2-21-15(19)14(17)10-6-7-11-18-16(20)22-12-13-8-4-3-5-9-13/h3-5,8-9,17H,2,6-7,10-12H2,1H3,(H,18,20). The van der Waals surface area contributed by atoms with Crippen LogP contribution in [0.3, 0.4) is 0 Å². The Hall–Kier alpha value is -2.37. The van der Waals surface area contributed by atoms with Crippen molar-refractivity contribution in [3.8, 4) is 0 Å². The highest BCUT2D eigenvalue weighted by atomic mass is 16.5. The summed E-state index contributed by atoms with van der Waals surface area (Å²) in [7, 11) is 0. The number of esters is 1. The lowest BCUT2D eigenvalue weighted by Gasteiger charge is -2.07. The summed E-state index contributed by atoms with van der Waals surface area (Å²) >= 11 is 0. The van der Waals surface area contributed by atoms with Crippen molar-refractivity contribution in [2.24, 2.45) is 0 Å². The van der Waals surface area contributed by atoms with E-state index in [1.165, 1.54) is 0 Å². The molecule has 0 aliphatic rings. The molecule has 120 valence electrons. The maximum absolute atomic E-state index is 11.5. The molecule has 0 heterocycles. The Balaban J connectivity index is 2.05. The summed E-state index contributed by atoms with van der Waals surface area (Å²) in [6, 6.07) is 9.43. The monoisotopic (exact) mass is 306 g/mol. The zero-order chi connectivity index (χ0) is 16.2. The number of amides is 1. The number of rotatable bonds is 9. The molecule has 0 aromatic heterocycles. The lowest BCUT2D eigenvalue weighted by Crippen LogP contribution is -2.25. The van der Waals surface area contributed by atoms with Crippen LogP contribution < -0.4 is 5.32 Å². The molecule has 0 atom stereocenters. The molecule has 0 saturated heterocycles. The number of nitrogens with one attached hydrogen (secondary N) is 2. The van der Waals surface area contributed by atoms with E-state index in [1.807, 2.05) is 30.3 Å². The van der Waals surface area contributed by atoms with Crippen LogP contribution in [0.1, 0.15) is 31.7 Å². The van der Waals surface area contributed by atoms with Gasteiger partial charge < -0.3 is 14.8 Å². The van der Waals surface area contributed by atoms with E-state index in [-0.39, 0.29) is 18.9 Å². The Labute approximate surface area is 130 Å². The summed E-state index contributed by atoms with van der Waals surface area (Å²) in [5, 5.41) is 10.1. The molecule has 0 saturated carbocycles. The maximum atomic E-state index is 11.5. The quantitative estimate of drug-likeness (QED) is 0.417. The van der Waals surface area contributed by atoms with Crippen molar-refractivity contribution < 1.29 is 19.1 Å². The van der Waals surface area contributed by atoms with Crippen molar-refractivity contribution in [2.45, 2.75) is 32.8 Å². The Morgan fingerprint density at radius 2 is 1.86 bits per heavy atom. The molecule has 0 fully saturated rings. The van der Waals surface area contributed by atoms with Crippen molar-refractivity contribution in [3.05, 3.63) is 35.9 Å². The van der Waals surface area contributed by atoms with Gasteiger partial charge in [-0.2, -0.15) is 0 Å². The van der Waals surface area contributed by atoms with Crippen molar-refractivity contribution in [1.29, 1.82) is 5.41 Å². The van der Waals surface area contributed by atoms with E-state index in [4.69, 9.17) is 14.9 Å². The topological polar surface area (TPSA) is 88.5 Å². The lowest BCUT2D eigenvalue weighted by atomic mass is 10.1. The number of ether oxygens (including phenoxy) is 2. The van der Waals surface area contributed by atoms with Crippen molar-refractivity contribution >= 4 is 17.8 Å². The second-order valence-corrected chi connectivity index (χ2v) is 4.64. The first-order valence-corrected chi connectivity index (χ1v) is 7.32. The zero-order valence-corrected chi connectivity index (χ0v) is 12.8. The van der Waals surface area contributed by atoms with Crippen LogP contribution in [0, 0.1) is 5.41 Å². The molecule has 0 aliphatic heterocycles. The predicted octanol–water partition coefficient (Wildman–Crippen LogP) is 2.67. The van der Waals surface area contributed by atoms with Gasteiger partial charge in [-0.3, -0.25) is 5.41 Å². The summed E-state index contributed by atoms with van der Waals surface area (Å²) in [6.45, 7) is 2.66. The van der Waals surface area contributed by atoms with Gasteiger partial charge in [0.1, 0.15) is 12.3 Å².